The fraction of sp³-hybridized carbons (Fsp3) is 0.586. The molecule has 31 heavy (non-hydrogen) atoms. The van der Waals surface area contributed by atoms with E-state index >= 15 is 0 Å². The van der Waals surface area contributed by atoms with Crippen LogP contribution in [0.2, 0.25) is 0 Å². The zero-order chi connectivity index (χ0) is 21.8. The van der Waals surface area contributed by atoms with Crippen LogP contribution in [0.3, 0.4) is 0 Å². The van der Waals surface area contributed by atoms with Gasteiger partial charge in [0.05, 0.1) is 0 Å². The number of hydrogen-bond acceptors (Lipinski definition) is 1. The molecule has 2 heteroatoms. The van der Waals surface area contributed by atoms with Crippen LogP contribution in [0.5, 0.6) is 0 Å². The van der Waals surface area contributed by atoms with E-state index in [-0.39, 0.29) is 0 Å². The first-order valence-electron chi connectivity index (χ1n) is 13.1. The van der Waals surface area contributed by atoms with Crippen LogP contribution < -0.4 is 10.6 Å². The summed E-state index contributed by atoms with van der Waals surface area (Å²) in [6.45, 7) is 2.29. The van der Waals surface area contributed by atoms with Crippen molar-refractivity contribution in [2.24, 2.45) is 0 Å². The molecule has 1 aliphatic heterocycles. The highest BCUT2D eigenvalue weighted by atomic mass is 31.2. The Balaban J connectivity index is 1.26. The van der Waals surface area contributed by atoms with Gasteiger partial charge in [0.2, 0.25) is 0 Å². The summed E-state index contributed by atoms with van der Waals surface area (Å²) in [7, 11) is -2.44. The molecule has 1 aliphatic rings. The molecule has 0 N–H and O–H groups in total. The molecule has 0 fully saturated rings. The van der Waals surface area contributed by atoms with Crippen molar-refractivity contribution in [3.63, 3.8) is 0 Å². The second kappa shape index (κ2) is 13.3. The first-order chi connectivity index (χ1) is 15.3. The summed E-state index contributed by atoms with van der Waals surface area (Å²) in [6.07, 6.45) is 21.3. The van der Waals surface area contributed by atoms with Crippen molar-refractivity contribution in [2.45, 2.75) is 103 Å². The van der Waals surface area contributed by atoms with Gasteiger partial charge in [-0.25, -0.2) is 0 Å². The predicted molar refractivity (Wildman–Crippen MR) is 139 cm³/mol. The predicted octanol–water partition coefficient (Wildman–Crippen LogP) is 8.85. The van der Waals surface area contributed by atoms with Crippen LogP contribution in [0.25, 0.3) is 11.1 Å². The second-order valence-corrected chi connectivity index (χ2v) is 12.3. The molecule has 0 atom stereocenters. The minimum Gasteiger partial charge on any atom is -0.314 e. The summed E-state index contributed by atoms with van der Waals surface area (Å²) in [5.74, 6) is 0. The van der Waals surface area contributed by atoms with Gasteiger partial charge in [0, 0.05) is 16.8 Å². The Morgan fingerprint density at radius 2 is 0.871 bits per heavy atom. The quantitative estimate of drug-likeness (QED) is 0.189. The van der Waals surface area contributed by atoms with Crippen molar-refractivity contribution in [1.82, 2.24) is 0 Å². The first kappa shape index (κ1) is 24.3. The molecular weight excluding hydrogens is 395 g/mol. The lowest BCUT2D eigenvalue weighted by Crippen LogP contribution is -2.12. The Bertz CT molecular complexity index is 775. The lowest BCUT2D eigenvalue weighted by molar-refractivity contribution is 0.534. The number of benzene rings is 2. The lowest BCUT2D eigenvalue weighted by atomic mass is 10.0. The number of fused-ring (bicyclic) bond motifs is 3. The van der Waals surface area contributed by atoms with E-state index in [0.29, 0.717) is 0 Å². The lowest BCUT2D eigenvalue weighted by Gasteiger charge is -2.15. The molecule has 0 saturated carbocycles. The van der Waals surface area contributed by atoms with Gasteiger partial charge < -0.3 is 4.57 Å². The molecule has 3 rings (SSSR count). The van der Waals surface area contributed by atoms with Gasteiger partial charge in [-0.1, -0.05) is 145 Å². The van der Waals surface area contributed by atoms with E-state index in [4.69, 9.17) is 0 Å². The second-order valence-electron chi connectivity index (χ2n) is 9.45. The van der Waals surface area contributed by atoms with Crippen LogP contribution in [0.15, 0.2) is 48.5 Å². The molecule has 1 heterocycles. The third-order valence-corrected chi connectivity index (χ3v) is 10.2. The summed E-state index contributed by atoms with van der Waals surface area (Å²) >= 11 is 0. The monoisotopic (exact) mass is 438 g/mol. The Kier molecular flexibility index (Phi) is 10.4. The summed E-state index contributed by atoms with van der Waals surface area (Å²) in [6, 6.07) is 16.7. The van der Waals surface area contributed by atoms with Crippen LogP contribution in [-0.4, -0.2) is 6.16 Å². The maximum Gasteiger partial charge on any atom is 0.144 e. The van der Waals surface area contributed by atoms with E-state index < -0.39 is 7.14 Å². The van der Waals surface area contributed by atoms with Crippen molar-refractivity contribution in [3.05, 3.63) is 48.5 Å². The molecule has 0 saturated heterocycles. The standard InChI is InChI=1S/C29H43OP/c1-2-3-4-5-6-7-8-9-10-11-12-13-14-15-20-25-31(30)28-23-18-16-21-26(28)27-22-17-19-24-29(27)31/h16-19,21-24H,2-15,20,25H2,1H3. The fourth-order valence-corrected chi connectivity index (χ4v) is 8.34. The van der Waals surface area contributed by atoms with Gasteiger partial charge in [0.1, 0.15) is 7.14 Å². The van der Waals surface area contributed by atoms with Gasteiger partial charge in [-0.2, -0.15) is 0 Å². The van der Waals surface area contributed by atoms with Crippen LogP contribution in [0.1, 0.15) is 103 Å². The highest BCUT2D eigenvalue weighted by Gasteiger charge is 2.37. The van der Waals surface area contributed by atoms with Gasteiger partial charge in [0.15, 0.2) is 0 Å². The van der Waals surface area contributed by atoms with Crippen LogP contribution >= 0.6 is 7.14 Å². The molecule has 0 aromatic heterocycles. The summed E-state index contributed by atoms with van der Waals surface area (Å²) < 4.78 is 14.0. The third-order valence-electron chi connectivity index (χ3n) is 6.95. The molecule has 0 unspecified atom stereocenters. The van der Waals surface area contributed by atoms with E-state index in [1.54, 1.807) is 0 Å². The smallest absolute Gasteiger partial charge is 0.144 e. The average Bonchev–Trinajstić information content (AvgIpc) is 3.06. The Labute approximate surface area is 191 Å². The normalized spacial score (nSPS) is 13.8. The van der Waals surface area contributed by atoms with Gasteiger partial charge in [-0.05, 0) is 17.5 Å². The largest absolute Gasteiger partial charge is 0.314 e. The Hall–Kier alpha value is -1.33. The highest BCUT2D eigenvalue weighted by Crippen LogP contribution is 2.53. The average molecular weight is 439 g/mol. The van der Waals surface area contributed by atoms with Gasteiger partial charge in [0.25, 0.3) is 0 Å². The molecule has 0 radical (unpaired) electrons. The van der Waals surface area contributed by atoms with Gasteiger partial charge >= 0.3 is 0 Å². The zero-order valence-corrected chi connectivity index (χ0v) is 20.7. The highest BCUT2D eigenvalue weighted by molar-refractivity contribution is 7.80. The number of unbranched alkanes of at least 4 members (excludes halogenated alkanes) is 14. The molecule has 2 aromatic rings. The molecule has 0 amide bonds. The Morgan fingerprint density at radius 1 is 0.516 bits per heavy atom. The molecule has 2 aromatic carbocycles. The molecule has 0 aliphatic carbocycles. The van der Waals surface area contributed by atoms with Crippen molar-refractivity contribution in [3.8, 4) is 11.1 Å². The maximum absolute atomic E-state index is 14.0. The van der Waals surface area contributed by atoms with E-state index in [1.165, 1.54) is 101 Å². The van der Waals surface area contributed by atoms with Crippen molar-refractivity contribution >= 4 is 17.8 Å². The molecule has 0 bridgehead atoms. The van der Waals surface area contributed by atoms with E-state index in [9.17, 15) is 4.57 Å². The van der Waals surface area contributed by atoms with Crippen molar-refractivity contribution < 1.29 is 4.57 Å². The molecule has 1 nitrogen and oxygen atoms in total. The van der Waals surface area contributed by atoms with E-state index in [0.717, 1.165) is 23.2 Å². The van der Waals surface area contributed by atoms with Crippen LogP contribution in [0.4, 0.5) is 0 Å². The minimum absolute atomic E-state index is 0.833. The first-order valence-corrected chi connectivity index (χ1v) is 14.9. The van der Waals surface area contributed by atoms with Crippen LogP contribution in [0, 0.1) is 0 Å². The van der Waals surface area contributed by atoms with Gasteiger partial charge in [-0.3, -0.25) is 0 Å². The summed E-state index contributed by atoms with van der Waals surface area (Å²) in [4.78, 5) is 0. The van der Waals surface area contributed by atoms with Gasteiger partial charge in [-0.15, -0.1) is 0 Å². The summed E-state index contributed by atoms with van der Waals surface area (Å²) in [5, 5.41) is 2.20. The molecule has 0 spiro atoms. The van der Waals surface area contributed by atoms with E-state index in [2.05, 4.69) is 43.3 Å². The fourth-order valence-electron chi connectivity index (χ4n) is 5.11. The summed E-state index contributed by atoms with van der Waals surface area (Å²) in [5.41, 5.74) is 2.39. The number of hydrogen-bond donors (Lipinski definition) is 0. The minimum atomic E-state index is -2.44. The zero-order valence-electron chi connectivity index (χ0n) is 19.8. The van der Waals surface area contributed by atoms with E-state index in [1.807, 2.05) is 12.1 Å². The molecule has 170 valence electrons. The van der Waals surface area contributed by atoms with Crippen LogP contribution in [-0.2, 0) is 4.57 Å². The Morgan fingerprint density at radius 3 is 1.29 bits per heavy atom. The molecular formula is C29H43OP. The topological polar surface area (TPSA) is 17.1 Å². The third kappa shape index (κ3) is 6.82. The van der Waals surface area contributed by atoms with Crippen molar-refractivity contribution in [2.75, 3.05) is 6.16 Å². The SMILES string of the molecule is CCCCCCCCCCCCCCCCCP1(=O)c2ccccc2-c2ccccc21. The number of rotatable bonds is 16. The maximum atomic E-state index is 14.0. The van der Waals surface area contributed by atoms with Crippen molar-refractivity contribution in [1.29, 1.82) is 0 Å².